The van der Waals surface area contributed by atoms with Crippen molar-refractivity contribution in [3.63, 3.8) is 0 Å². The summed E-state index contributed by atoms with van der Waals surface area (Å²) in [7, 11) is 0. The van der Waals surface area contributed by atoms with Crippen molar-refractivity contribution in [1.29, 1.82) is 0 Å². The molecule has 1 fully saturated rings. The van der Waals surface area contributed by atoms with Gasteiger partial charge < -0.3 is 5.32 Å². The molecule has 1 nitrogen and oxygen atoms in total. The topological polar surface area (TPSA) is 12.0 Å². The van der Waals surface area contributed by atoms with Crippen molar-refractivity contribution < 1.29 is 0 Å². The van der Waals surface area contributed by atoms with E-state index in [-0.39, 0.29) is 0 Å². The van der Waals surface area contributed by atoms with Crippen LogP contribution in [-0.4, -0.2) is 6.54 Å². The summed E-state index contributed by atoms with van der Waals surface area (Å²) >= 11 is 0. The fourth-order valence-corrected chi connectivity index (χ4v) is 3.39. The fraction of sp³-hybridized carbons (Fsp3) is 0.625. The number of nitrogens with one attached hydrogen (secondary N) is 1. The largest absolute Gasteiger partial charge is 0.310 e. The summed E-state index contributed by atoms with van der Waals surface area (Å²) in [5.41, 5.74) is 2.28. The van der Waals surface area contributed by atoms with E-state index >= 15 is 0 Å². The van der Waals surface area contributed by atoms with E-state index in [4.69, 9.17) is 0 Å². The number of hydrogen-bond acceptors (Lipinski definition) is 1. The molecule has 0 spiro atoms. The Hall–Kier alpha value is -0.820. The average molecular weight is 231 g/mol. The first-order valence-corrected chi connectivity index (χ1v) is 6.71. The quantitative estimate of drug-likeness (QED) is 0.825. The molecule has 2 rings (SSSR count). The van der Waals surface area contributed by atoms with Crippen LogP contribution >= 0.6 is 0 Å². The van der Waals surface area contributed by atoms with Gasteiger partial charge in [0.1, 0.15) is 0 Å². The number of rotatable bonds is 4. The summed E-state index contributed by atoms with van der Waals surface area (Å²) in [6.45, 7) is 12.8. The summed E-state index contributed by atoms with van der Waals surface area (Å²) in [6.07, 6.45) is 0. The van der Waals surface area contributed by atoms with Gasteiger partial charge in [-0.05, 0) is 28.9 Å². The van der Waals surface area contributed by atoms with E-state index < -0.39 is 0 Å². The van der Waals surface area contributed by atoms with Gasteiger partial charge in [-0.2, -0.15) is 0 Å². The molecule has 0 aliphatic heterocycles. The predicted octanol–water partition coefficient (Wildman–Crippen LogP) is 4.02. The van der Waals surface area contributed by atoms with Crippen LogP contribution in [0.3, 0.4) is 0 Å². The van der Waals surface area contributed by atoms with Crippen molar-refractivity contribution in [3.05, 3.63) is 35.9 Å². The third-order valence-electron chi connectivity index (χ3n) is 5.05. The third kappa shape index (κ3) is 1.91. The van der Waals surface area contributed by atoms with Crippen molar-refractivity contribution in [2.45, 2.75) is 40.7 Å². The maximum Gasteiger partial charge on any atom is 0.0359 e. The summed E-state index contributed by atoms with van der Waals surface area (Å²) < 4.78 is 0. The molecule has 0 saturated heterocycles. The van der Waals surface area contributed by atoms with Crippen molar-refractivity contribution >= 4 is 0 Å². The highest BCUT2D eigenvalue weighted by Gasteiger charge is 2.67. The highest BCUT2D eigenvalue weighted by atomic mass is 15.0. The molecule has 1 N–H and O–H groups in total. The molecule has 0 heterocycles. The van der Waals surface area contributed by atoms with Crippen LogP contribution < -0.4 is 5.32 Å². The van der Waals surface area contributed by atoms with Crippen LogP contribution in [0.5, 0.6) is 0 Å². The first kappa shape index (κ1) is 12.6. The Balaban J connectivity index is 2.27. The standard InChI is InChI=1S/C16H25N/c1-6-17-13(12-10-8-7-9-11-12)14-15(2,3)16(14,4)5/h7-11,13-14,17H,6H2,1-5H3. The Bertz CT molecular complexity index is 364. The normalized spacial score (nSPS) is 23.4. The summed E-state index contributed by atoms with van der Waals surface area (Å²) in [6, 6.07) is 11.4. The first-order chi connectivity index (χ1) is 7.93. The second kappa shape index (κ2) is 4.13. The minimum atomic E-state index is 0.426. The SMILES string of the molecule is CCNC(c1ccccc1)C1C(C)(C)C1(C)C. The molecule has 1 atom stereocenters. The van der Waals surface area contributed by atoms with Gasteiger partial charge in [-0.3, -0.25) is 0 Å². The van der Waals surface area contributed by atoms with Crippen molar-refractivity contribution in [3.8, 4) is 0 Å². The van der Waals surface area contributed by atoms with Crippen LogP contribution in [0.15, 0.2) is 30.3 Å². The smallest absolute Gasteiger partial charge is 0.0359 e. The second-order valence-electron chi connectivity index (χ2n) is 6.37. The maximum atomic E-state index is 3.67. The molecule has 1 unspecified atom stereocenters. The minimum absolute atomic E-state index is 0.426. The summed E-state index contributed by atoms with van der Waals surface area (Å²) in [5.74, 6) is 0.720. The van der Waals surface area contributed by atoms with Gasteiger partial charge in [0, 0.05) is 6.04 Å². The van der Waals surface area contributed by atoms with Gasteiger partial charge in [-0.15, -0.1) is 0 Å². The van der Waals surface area contributed by atoms with Crippen LogP contribution in [0.2, 0.25) is 0 Å². The van der Waals surface area contributed by atoms with Gasteiger partial charge >= 0.3 is 0 Å². The lowest BCUT2D eigenvalue weighted by Gasteiger charge is -2.20. The summed E-state index contributed by atoms with van der Waals surface area (Å²) in [4.78, 5) is 0. The second-order valence-corrected chi connectivity index (χ2v) is 6.37. The molecular formula is C16H25N. The molecular weight excluding hydrogens is 206 g/mol. The molecule has 0 amide bonds. The minimum Gasteiger partial charge on any atom is -0.310 e. The van der Waals surface area contributed by atoms with E-state index in [0.717, 1.165) is 12.5 Å². The molecule has 1 aliphatic carbocycles. The van der Waals surface area contributed by atoms with Gasteiger partial charge in [-0.25, -0.2) is 0 Å². The molecule has 1 saturated carbocycles. The highest BCUT2D eigenvalue weighted by Crippen LogP contribution is 2.72. The van der Waals surface area contributed by atoms with E-state index in [1.54, 1.807) is 0 Å². The van der Waals surface area contributed by atoms with Gasteiger partial charge in [-0.1, -0.05) is 65.0 Å². The lowest BCUT2D eigenvalue weighted by Crippen LogP contribution is -2.25. The van der Waals surface area contributed by atoms with Crippen molar-refractivity contribution in [2.75, 3.05) is 6.54 Å². The molecule has 94 valence electrons. The monoisotopic (exact) mass is 231 g/mol. The van der Waals surface area contributed by atoms with Crippen LogP contribution in [0.1, 0.15) is 46.2 Å². The van der Waals surface area contributed by atoms with Crippen molar-refractivity contribution in [1.82, 2.24) is 5.32 Å². The zero-order valence-corrected chi connectivity index (χ0v) is 11.7. The Morgan fingerprint density at radius 1 is 1.06 bits per heavy atom. The average Bonchev–Trinajstić information content (AvgIpc) is 2.68. The Morgan fingerprint density at radius 2 is 1.59 bits per heavy atom. The van der Waals surface area contributed by atoms with Gasteiger partial charge in [0.05, 0.1) is 0 Å². The molecule has 0 bridgehead atoms. The molecule has 1 aromatic carbocycles. The number of benzene rings is 1. The van der Waals surface area contributed by atoms with Crippen LogP contribution in [0.25, 0.3) is 0 Å². The summed E-state index contributed by atoms with van der Waals surface area (Å²) in [5, 5.41) is 3.67. The first-order valence-electron chi connectivity index (χ1n) is 6.71. The highest BCUT2D eigenvalue weighted by molar-refractivity contribution is 5.27. The number of hydrogen-bond donors (Lipinski definition) is 1. The van der Waals surface area contributed by atoms with E-state index in [2.05, 4.69) is 70.3 Å². The van der Waals surface area contributed by atoms with Gasteiger partial charge in [0.15, 0.2) is 0 Å². The van der Waals surface area contributed by atoms with E-state index in [1.807, 2.05) is 0 Å². The van der Waals surface area contributed by atoms with Gasteiger partial charge in [0.25, 0.3) is 0 Å². The molecule has 0 aromatic heterocycles. The fourth-order valence-electron chi connectivity index (χ4n) is 3.39. The molecule has 17 heavy (non-hydrogen) atoms. The van der Waals surface area contributed by atoms with E-state index in [9.17, 15) is 0 Å². The maximum absolute atomic E-state index is 3.67. The van der Waals surface area contributed by atoms with Crippen LogP contribution in [0, 0.1) is 16.7 Å². The van der Waals surface area contributed by atoms with E-state index in [1.165, 1.54) is 5.56 Å². The lowest BCUT2D eigenvalue weighted by molar-refractivity contribution is 0.418. The van der Waals surface area contributed by atoms with Crippen LogP contribution in [0.4, 0.5) is 0 Å². The molecule has 1 aliphatic rings. The lowest BCUT2D eigenvalue weighted by atomic mass is 9.96. The van der Waals surface area contributed by atoms with Crippen molar-refractivity contribution in [2.24, 2.45) is 16.7 Å². The Labute approximate surface area is 106 Å². The third-order valence-corrected chi connectivity index (χ3v) is 5.05. The van der Waals surface area contributed by atoms with E-state index in [0.29, 0.717) is 16.9 Å². The molecule has 1 heteroatoms. The predicted molar refractivity (Wildman–Crippen MR) is 73.9 cm³/mol. The Kier molecular flexibility index (Phi) is 3.07. The molecule has 1 aromatic rings. The zero-order valence-electron chi connectivity index (χ0n) is 11.7. The molecule has 0 radical (unpaired) electrons. The zero-order chi connectivity index (χ0) is 12.7. The van der Waals surface area contributed by atoms with Gasteiger partial charge in [0.2, 0.25) is 0 Å². The Morgan fingerprint density at radius 3 is 2.00 bits per heavy atom. The van der Waals surface area contributed by atoms with Crippen LogP contribution in [-0.2, 0) is 0 Å².